The molecule has 1 rings (SSSR count). The van der Waals surface area contributed by atoms with E-state index in [1.54, 1.807) is 24.3 Å². The van der Waals surface area contributed by atoms with Crippen molar-refractivity contribution in [2.24, 2.45) is 0 Å². The second-order valence-corrected chi connectivity index (χ2v) is 4.40. The van der Waals surface area contributed by atoms with Gasteiger partial charge in [0.05, 0.1) is 12.7 Å². The molecule has 0 aliphatic heterocycles. The first kappa shape index (κ1) is 16.0. The molecule has 0 saturated carbocycles. The molecule has 0 aliphatic rings. The molecule has 0 radical (unpaired) electrons. The minimum absolute atomic E-state index is 0.306. The third-order valence-electron chi connectivity index (χ3n) is 2.62. The summed E-state index contributed by atoms with van der Waals surface area (Å²) in [7, 11) is 0. The summed E-state index contributed by atoms with van der Waals surface area (Å²) in [6, 6.07) is 5.03. The van der Waals surface area contributed by atoms with Crippen LogP contribution in [0.15, 0.2) is 24.3 Å². The molecular weight excluding hydrogens is 262 g/mol. The first-order valence-corrected chi connectivity index (χ1v) is 6.40. The Morgan fingerprint density at radius 1 is 1.30 bits per heavy atom. The van der Waals surface area contributed by atoms with E-state index in [-0.39, 0.29) is 0 Å². The zero-order chi connectivity index (χ0) is 15.1. The number of carbonyl (C=O) groups excluding carboxylic acids is 1. The third kappa shape index (κ3) is 4.55. The molecule has 6 nitrogen and oxygen atoms in total. The molecule has 0 aliphatic carbocycles. The van der Waals surface area contributed by atoms with Crippen molar-refractivity contribution in [1.29, 1.82) is 0 Å². The van der Waals surface area contributed by atoms with Crippen LogP contribution >= 0.6 is 0 Å². The predicted molar refractivity (Wildman–Crippen MR) is 72.8 cm³/mol. The Labute approximate surface area is 117 Å². The van der Waals surface area contributed by atoms with Gasteiger partial charge in [0.15, 0.2) is 6.04 Å². The number of nitrogens with one attached hydrogen (secondary N) is 1. The van der Waals surface area contributed by atoms with Gasteiger partial charge in [-0.05, 0) is 37.6 Å². The Morgan fingerprint density at radius 2 is 1.90 bits per heavy atom. The van der Waals surface area contributed by atoms with E-state index in [1.807, 2.05) is 6.92 Å². The minimum Gasteiger partial charge on any atom is -0.494 e. The van der Waals surface area contributed by atoms with E-state index in [9.17, 15) is 14.7 Å². The third-order valence-corrected chi connectivity index (χ3v) is 2.62. The molecule has 20 heavy (non-hydrogen) atoms. The van der Waals surface area contributed by atoms with E-state index < -0.39 is 24.0 Å². The molecule has 0 fully saturated rings. The second kappa shape index (κ2) is 7.49. The van der Waals surface area contributed by atoms with Crippen LogP contribution in [-0.4, -0.2) is 40.8 Å². The summed E-state index contributed by atoms with van der Waals surface area (Å²) >= 11 is 0. The zero-order valence-corrected chi connectivity index (χ0v) is 11.5. The van der Waals surface area contributed by atoms with Crippen LogP contribution in [0, 0.1) is 0 Å². The number of hydrogen-bond acceptors (Lipinski definition) is 4. The number of aliphatic carboxylic acids is 1. The second-order valence-electron chi connectivity index (χ2n) is 4.40. The Kier molecular flexibility index (Phi) is 5.99. The fraction of sp³-hybridized carbons (Fsp3) is 0.429. The molecule has 0 heterocycles. The van der Waals surface area contributed by atoms with Crippen LogP contribution in [0.3, 0.4) is 0 Å². The molecule has 0 spiro atoms. The van der Waals surface area contributed by atoms with Crippen molar-refractivity contribution < 1.29 is 24.5 Å². The van der Waals surface area contributed by atoms with Gasteiger partial charge in [0.1, 0.15) is 5.75 Å². The number of aliphatic hydroxyl groups excluding tert-OH is 1. The van der Waals surface area contributed by atoms with Gasteiger partial charge >= 0.3 is 5.97 Å². The summed E-state index contributed by atoms with van der Waals surface area (Å²) < 4.78 is 5.38. The topological polar surface area (TPSA) is 95.9 Å². The fourth-order valence-corrected chi connectivity index (χ4v) is 1.54. The van der Waals surface area contributed by atoms with E-state index in [1.165, 1.54) is 6.92 Å². The zero-order valence-electron chi connectivity index (χ0n) is 11.5. The maximum absolute atomic E-state index is 11.9. The summed E-state index contributed by atoms with van der Waals surface area (Å²) in [5.74, 6) is -1.19. The first-order chi connectivity index (χ1) is 9.45. The summed E-state index contributed by atoms with van der Waals surface area (Å²) in [4.78, 5) is 22.7. The standard InChI is InChI=1S/C14H19NO5/c1-3-8-20-11-6-4-10(5-7-11)13(17)15-12(9(2)16)14(18)19/h4-7,9,12,16H,3,8H2,1-2H3,(H,15,17)(H,18,19). The monoisotopic (exact) mass is 281 g/mol. The Balaban J connectivity index is 2.69. The highest BCUT2D eigenvalue weighted by Crippen LogP contribution is 2.12. The SMILES string of the molecule is CCCOc1ccc(C(=O)NC(C(=O)O)C(C)O)cc1. The largest absolute Gasteiger partial charge is 0.494 e. The van der Waals surface area contributed by atoms with Gasteiger partial charge < -0.3 is 20.3 Å². The lowest BCUT2D eigenvalue weighted by Gasteiger charge is -2.17. The maximum atomic E-state index is 11.9. The van der Waals surface area contributed by atoms with Crippen LogP contribution in [-0.2, 0) is 4.79 Å². The van der Waals surface area contributed by atoms with Crippen molar-refractivity contribution in [3.63, 3.8) is 0 Å². The van der Waals surface area contributed by atoms with E-state index in [2.05, 4.69) is 5.32 Å². The van der Waals surface area contributed by atoms with Crippen LogP contribution in [0.25, 0.3) is 0 Å². The van der Waals surface area contributed by atoms with Gasteiger partial charge in [-0.2, -0.15) is 0 Å². The molecule has 1 amide bonds. The first-order valence-electron chi connectivity index (χ1n) is 6.40. The van der Waals surface area contributed by atoms with Gasteiger partial charge in [-0.15, -0.1) is 0 Å². The molecule has 110 valence electrons. The van der Waals surface area contributed by atoms with E-state index in [4.69, 9.17) is 9.84 Å². The van der Waals surface area contributed by atoms with Gasteiger partial charge in [-0.3, -0.25) is 4.79 Å². The lowest BCUT2D eigenvalue weighted by molar-refractivity contribution is -0.141. The number of aliphatic hydroxyl groups is 1. The summed E-state index contributed by atoms with van der Waals surface area (Å²) in [6.45, 7) is 3.89. The molecule has 0 bridgehead atoms. The number of amides is 1. The summed E-state index contributed by atoms with van der Waals surface area (Å²) in [6.07, 6.45) is -0.291. The fourth-order valence-electron chi connectivity index (χ4n) is 1.54. The summed E-state index contributed by atoms with van der Waals surface area (Å²) in [5, 5.41) is 20.5. The molecule has 1 aromatic rings. The maximum Gasteiger partial charge on any atom is 0.328 e. The highest BCUT2D eigenvalue weighted by atomic mass is 16.5. The van der Waals surface area contributed by atoms with Crippen molar-refractivity contribution in [1.82, 2.24) is 5.32 Å². The van der Waals surface area contributed by atoms with E-state index in [0.29, 0.717) is 17.9 Å². The smallest absolute Gasteiger partial charge is 0.328 e. The predicted octanol–water partition coefficient (Wildman–Crippen LogP) is 1.04. The Bertz CT molecular complexity index is 455. The minimum atomic E-state index is -1.33. The van der Waals surface area contributed by atoms with Gasteiger partial charge in [-0.25, -0.2) is 4.79 Å². The van der Waals surface area contributed by atoms with Crippen molar-refractivity contribution >= 4 is 11.9 Å². The lowest BCUT2D eigenvalue weighted by Crippen LogP contribution is -2.47. The number of hydrogen-bond donors (Lipinski definition) is 3. The van der Waals surface area contributed by atoms with Crippen molar-refractivity contribution in [3.8, 4) is 5.75 Å². The highest BCUT2D eigenvalue weighted by Gasteiger charge is 2.25. The Morgan fingerprint density at radius 3 is 2.35 bits per heavy atom. The van der Waals surface area contributed by atoms with Crippen LogP contribution in [0.1, 0.15) is 30.6 Å². The van der Waals surface area contributed by atoms with Crippen LogP contribution in [0.5, 0.6) is 5.75 Å². The van der Waals surface area contributed by atoms with E-state index >= 15 is 0 Å². The number of rotatable bonds is 7. The molecule has 0 aromatic heterocycles. The Hall–Kier alpha value is -2.08. The molecule has 2 atom stereocenters. The quantitative estimate of drug-likeness (QED) is 0.694. The molecular formula is C14H19NO5. The number of carboxylic acid groups (broad SMARTS) is 1. The van der Waals surface area contributed by atoms with Gasteiger partial charge in [0.2, 0.25) is 0 Å². The number of benzene rings is 1. The number of carboxylic acids is 1. The number of carbonyl (C=O) groups is 2. The molecule has 0 saturated heterocycles. The molecule has 2 unspecified atom stereocenters. The van der Waals surface area contributed by atoms with Crippen LogP contribution < -0.4 is 10.1 Å². The van der Waals surface area contributed by atoms with Crippen molar-refractivity contribution in [2.75, 3.05) is 6.61 Å². The summed E-state index contributed by atoms with van der Waals surface area (Å²) in [5.41, 5.74) is 0.306. The van der Waals surface area contributed by atoms with Crippen LogP contribution in [0.4, 0.5) is 0 Å². The number of ether oxygens (including phenoxy) is 1. The average molecular weight is 281 g/mol. The van der Waals surface area contributed by atoms with Crippen molar-refractivity contribution in [3.05, 3.63) is 29.8 Å². The van der Waals surface area contributed by atoms with Crippen LogP contribution in [0.2, 0.25) is 0 Å². The normalized spacial score (nSPS) is 13.3. The highest BCUT2D eigenvalue weighted by molar-refractivity contribution is 5.96. The van der Waals surface area contributed by atoms with Gasteiger partial charge in [0.25, 0.3) is 5.91 Å². The van der Waals surface area contributed by atoms with Gasteiger partial charge in [0, 0.05) is 5.56 Å². The molecule has 6 heteroatoms. The lowest BCUT2D eigenvalue weighted by atomic mass is 10.1. The molecule has 3 N–H and O–H groups in total. The molecule has 1 aromatic carbocycles. The van der Waals surface area contributed by atoms with Gasteiger partial charge in [-0.1, -0.05) is 6.92 Å². The average Bonchev–Trinajstić information content (AvgIpc) is 2.42. The van der Waals surface area contributed by atoms with Crippen molar-refractivity contribution in [2.45, 2.75) is 32.4 Å². The van der Waals surface area contributed by atoms with E-state index in [0.717, 1.165) is 6.42 Å².